The lowest BCUT2D eigenvalue weighted by Gasteiger charge is -2.38. The van der Waals surface area contributed by atoms with Crippen LogP contribution in [0.15, 0.2) is 42.9 Å². The SMILES string of the molecule is CN(c1ccncn1)C1CCCN(Cc2ccc(C#N)cc2)C1. The highest BCUT2D eigenvalue weighted by molar-refractivity contribution is 5.37. The van der Waals surface area contributed by atoms with Crippen LogP contribution in [0.2, 0.25) is 0 Å². The standard InChI is InChI=1S/C18H21N5/c1-22(18-8-9-20-14-21-18)17-3-2-10-23(13-17)12-16-6-4-15(11-19)5-7-16/h4-9,14,17H,2-3,10,12-13H2,1H3. The van der Waals surface area contributed by atoms with E-state index < -0.39 is 0 Å². The van der Waals surface area contributed by atoms with Crippen LogP contribution in [0.5, 0.6) is 0 Å². The van der Waals surface area contributed by atoms with Crippen molar-refractivity contribution in [1.29, 1.82) is 5.26 Å². The van der Waals surface area contributed by atoms with Gasteiger partial charge in [0.15, 0.2) is 0 Å². The summed E-state index contributed by atoms with van der Waals surface area (Å²) in [4.78, 5) is 13.1. The molecule has 1 aliphatic rings. The van der Waals surface area contributed by atoms with E-state index in [0.29, 0.717) is 11.6 Å². The number of likely N-dealkylation sites (tertiary alicyclic amines) is 1. The molecule has 1 aromatic heterocycles. The van der Waals surface area contributed by atoms with Crippen LogP contribution in [0.3, 0.4) is 0 Å². The number of hydrogen-bond acceptors (Lipinski definition) is 5. The Balaban J connectivity index is 1.62. The fourth-order valence-corrected chi connectivity index (χ4v) is 3.11. The minimum absolute atomic E-state index is 0.469. The molecule has 0 radical (unpaired) electrons. The Bertz CT molecular complexity index is 662. The number of likely N-dealkylation sites (N-methyl/N-ethyl adjacent to an activating group) is 1. The molecule has 3 rings (SSSR count). The van der Waals surface area contributed by atoms with Gasteiger partial charge in [0, 0.05) is 32.4 Å². The molecule has 1 unspecified atom stereocenters. The van der Waals surface area contributed by atoms with Crippen LogP contribution < -0.4 is 4.90 Å². The summed E-state index contributed by atoms with van der Waals surface area (Å²) in [5.41, 5.74) is 1.98. The second-order valence-electron chi connectivity index (χ2n) is 6.02. The normalized spacial score (nSPS) is 18.3. The second-order valence-corrected chi connectivity index (χ2v) is 6.02. The van der Waals surface area contributed by atoms with Gasteiger partial charge in [0.25, 0.3) is 0 Å². The van der Waals surface area contributed by atoms with Crippen molar-refractivity contribution in [3.63, 3.8) is 0 Å². The summed E-state index contributed by atoms with van der Waals surface area (Å²) in [7, 11) is 2.11. The maximum Gasteiger partial charge on any atom is 0.131 e. The third kappa shape index (κ3) is 3.85. The molecule has 1 atom stereocenters. The second kappa shape index (κ2) is 7.21. The first-order valence-corrected chi connectivity index (χ1v) is 7.96. The van der Waals surface area contributed by atoms with Crippen molar-refractivity contribution in [2.24, 2.45) is 0 Å². The number of hydrogen-bond donors (Lipinski definition) is 0. The fourth-order valence-electron chi connectivity index (χ4n) is 3.11. The summed E-state index contributed by atoms with van der Waals surface area (Å²) in [6, 6.07) is 12.5. The molecule has 5 nitrogen and oxygen atoms in total. The summed E-state index contributed by atoms with van der Waals surface area (Å²) in [6.07, 6.45) is 5.76. The van der Waals surface area contributed by atoms with E-state index in [2.05, 4.69) is 45.0 Å². The molecule has 0 amide bonds. The van der Waals surface area contributed by atoms with Gasteiger partial charge in [0.1, 0.15) is 12.1 Å². The topological polar surface area (TPSA) is 56.1 Å². The minimum atomic E-state index is 0.469. The monoisotopic (exact) mass is 307 g/mol. The van der Waals surface area contributed by atoms with Crippen molar-refractivity contribution >= 4 is 5.82 Å². The summed E-state index contributed by atoms with van der Waals surface area (Å²) in [6.45, 7) is 3.08. The van der Waals surface area contributed by atoms with Crippen LogP contribution in [-0.2, 0) is 6.54 Å². The van der Waals surface area contributed by atoms with Gasteiger partial charge in [0.05, 0.1) is 11.6 Å². The van der Waals surface area contributed by atoms with Crippen LogP contribution >= 0.6 is 0 Å². The van der Waals surface area contributed by atoms with Crippen LogP contribution in [0.1, 0.15) is 24.0 Å². The molecule has 0 aliphatic carbocycles. The maximum atomic E-state index is 8.88. The van der Waals surface area contributed by atoms with Gasteiger partial charge in [-0.05, 0) is 43.1 Å². The average molecular weight is 307 g/mol. The molecule has 5 heteroatoms. The molecule has 23 heavy (non-hydrogen) atoms. The zero-order valence-electron chi connectivity index (χ0n) is 13.4. The molecule has 1 aromatic carbocycles. The Morgan fingerprint density at radius 3 is 2.83 bits per heavy atom. The summed E-state index contributed by atoms with van der Waals surface area (Å²) in [5, 5.41) is 8.88. The van der Waals surface area contributed by atoms with Gasteiger partial charge in [-0.3, -0.25) is 4.90 Å². The van der Waals surface area contributed by atoms with Gasteiger partial charge in [0.2, 0.25) is 0 Å². The highest BCUT2D eigenvalue weighted by atomic mass is 15.2. The first-order chi connectivity index (χ1) is 11.3. The predicted molar refractivity (Wildman–Crippen MR) is 89.9 cm³/mol. The predicted octanol–water partition coefficient (Wildman–Crippen LogP) is 2.45. The number of piperidine rings is 1. The lowest BCUT2D eigenvalue weighted by molar-refractivity contribution is 0.198. The molecule has 0 spiro atoms. The third-order valence-electron chi connectivity index (χ3n) is 4.45. The Morgan fingerprint density at radius 1 is 1.30 bits per heavy atom. The highest BCUT2D eigenvalue weighted by Crippen LogP contribution is 2.20. The zero-order valence-corrected chi connectivity index (χ0v) is 13.4. The molecule has 0 N–H and O–H groups in total. The largest absolute Gasteiger partial charge is 0.355 e. The number of rotatable bonds is 4. The van der Waals surface area contributed by atoms with Crippen molar-refractivity contribution in [2.45, 2.75) is 25.4 Å². The molecule has 118 valence electrons. The van der Waals surface area contributed by atoms with Crippen LogP contribution in [0, 0.1) is 11.3 Å². The van der Waals surface area contributed by atoms with Gasteiger partial charge < -0.3 is 4.90 Å². The van der Waals surface area contributed by atoms with Crippen molar-refractivity contribution in [3.05, 3.63) is 54.0 Å². The van der Waals surface area contributed by atoms with E-state index in [1.165, 1.54) is 18.4 Å². The number of benzene rings is 1. The fraction of sp³-hybridized carbons (Fsp3) is 0.389. The van der Waals surface area contributed by atoms with Gasteiger partial charge in [-0.15, -0.1) is 0 Å². The van der Waals surface area contributed by atoms with Gasteiger partial charge in [-0.25, -0.2) is 9.97 Å². The molecule has 0 saturated carbocycles. The van der Waals surface area contributed by atoms with Crippen molar-refractivity contribution in [2.75, 3.05) is 25.0 Å². The van der Waals surface area contributed by atoms with Crippen LogP contribution in [0.4, 0.5) is 5.82 Å². The summed E-state index contributed by atoms with van der Waals surface area (Å²) in [5.74, 6) is 0.977. The molecule has 1 aliphatic heterocycles. The van der Waals surface area contributed by atoms with Crippen molar-refractivity contribution < 1.29 is 0 Å². The molecule has 2 aromatic rings. The van der Waals surface area contributed by atoms with Crippen LogP contribution in [-0.4, -0.2) is 41.0 Å². The van der Waals surface area contributed by atoms with E-state index in [9.17, 15) is 0 Å². The van der Waals surface area contributed by atoms with E-state index >= 15 is 0 Å². The van der Waals surface area contributed by atoms with E-state index in [4.69, 9.17) is 5.26 Å². The summed E-state index contributed by atoms with van der Waals surface area (Å²) < 4.78 is 0. The Kier molecular flexibility index (Phi) is 4.84. The van der Waals surface area contributed by atoms with Crippen molar-refractivity contribution in [1.82, 2.24) is 14.9 Å². The minimum Gasteiger partial charge on any atom is -0.355 e. The van der Waals surface area contributed by atoms with E-state index in [1.807, 2.05) is 18.2 Å². The zero-order chi connectivity index (χ0) is 16.1. The lowest BCUT2D eigenvalue weighted by atomic mass is 10.0. The van der Waals surface area contributed by atoms with Gasteiger partial charge in [-0.1, -0.05) is 12.1 Å². The van der Waals surface area contributed by atoms with Crippen LogP contribution in [0.25, 0.3) is 0 Å². The number of anilines is 1. The molecule has 2 heterocycles. The third-order valence-corrected chi connectivity index (χ3v) is 4.45. The quantitative estimate of drug-likeness (QED) is 0.868. The Morgan fingerprint density at radius 2 is 2.13 bits per heavy atom. The average Bonchev–Trinajstić information content (AvgIpc) is 2.63. The first-order valence-electron chi connectivity index (χ1n) is 7.96. The van der Waals surface area contributed by atoms with Gasteiger partial charge in [-0.2, -0.15) is 5.26 Å². The van der Waals surface area contributed by atoms with Crippen molar-refractivity contribution in [3.8, 4) is 6.07 Å². The summed E-state index contributed by atoms with van der Waals surface area (Å²) >= 11 is 0. The van der Waals surface area contributed by atoms with E-state index in [-0.39, 0.29) is 0 Å². The highest BCUT2D eigenvalue weighted by Gasteiger charge is 2.24. The number of aromatic nitrogens is 2. The molecular weight excluding hydrogens is 286 g/mol. The molecular formula is C18H21N5. The molecule has 1 saturated heterocycles. The van der Waals surface area contributed by atoms with E-state index in [1.54, 1.807) is 12.5 Å². The Hall–Kier alpha value is -2.45. The maximum absolute atomic E-state index is 8.88. The van der Waals surface area contributed by atoms with Gasteiger partial charge >= 0.3 is 0 Å². The number of nitrogens with zero attached hydrogens (tertiary/aromatic N) is 5. The van der Waals surface area contributed by atoms with E-state index in [0.717, 1.165) is 25.5 Å². The lowest BCUT2D eigenvalue weighted by Crippen LogP contribution is -2.46. The number of nitriles is 1. The Labute approximate surface area is 137 Å². The first kappa shape index (κ1) is 15.4. The molecule has 0 bridgehead atoms. The smallest absolute Gasteiger partial charge is 0.131 e. The molecule has 1 fully saturated rings.